The molecule has 0 spiro atoms. The first-order valence-corrected chi connectivity index (χ1v) is 8.91. The highest BCUT2D eigenvalue weighted by Crippen LogP contribution is 2.63. The molecule has 0 radical (unpaired) electrons. The Bertz CT molecular complexity index is 676. The number of rotatable bonds is 1. The van der Waals surface area contributed by atoms with Crippen molar-refractivity contribution in [2.75, 3.05) is 0 Å². The van der Waals surface area contributed by atoms with Crippen molar-refractivity contribution in [1.82, 2.24) is 0 Å². The average Bonchev–Trinajstić information content (AvgIpc) is 2.84. The normalized spacial score (nSPS) is 44.9. The van der Waals surface area contributed by atoms with E-state index >= 15 is 0 Å². The summed E-state index contributed by atoms with van der Waals surface area (Å²) >= 11 is 0. The molecule has 0 N–H and O–H groups in total. The number of terminal acetylenes is 1. The molecule has 0 aromatic heterocycles. The summed E-state index contributed by atoms with van der Waals surface area (Å²) in [5, 5.41) is 0. The molecule has 5 atom stereocenters. The molecule has 2 saturated carbocycles. The van der Waals surface area contributed by atoms with Gasteiger partial charge in [0.25, 0.3) is 0 Å². The van der Waals surface area contributed by atoms with E-state index in [0.717, 1.165) is 44.1 Å². The van der Waals surface area contributed by atoms with Crippen LogP contribution in [0.5, 0.6) is 0 Å². The SMILES string of the molecule is C#CCC12CCC(=O)C=C1C=C[C@@H]1[C@@H]2CC[C@]2(C)C(=O)CC[C@@H]12. The van der Waals surface area contributed by atoms with Crippen molar-refractivity contribution >= 4 is 11.6 Å². The zero-order valence-corrected chi connectivity index (χ0v) is 13.8. The third-order valence-electron chi connectivity index (χ3n) is 7.38. The lowest BCUT2D eigenvalue weighted by atomic mass is 9.48. The van der Waals surface area contributed by atoms with Crippen LogP contribution in [0.3, 0.4) is 0 Å². The molecular weight excluding hydrogens is 284 g/mol. The monoisotopic (exact) mass is 308 g/mol. The molecule has 0 amide bonds. The summed E-state index contributed by atoms with van der Waals surface area (Å²) in [4.78, 5) is 24.3. The molecule has 4 aliphatic carbocycles. The van der Waals surface area contributed by atoms with Crippen molar-refractivity contribution in [1.29, 1.82) is 0 Å². The Morgan fingerprint density at radius 1 is 1.22 bits per heavy atom. The van der Waals surface area contributed by atoms with Crippen LogP contribution in [0.1, 0.15) is 51.9 Å². The van der Waals surface area contributed by atoms with E-state index in [4.69, 9.17) is 6.42 Å². The first-order chi connectivity index (χ1) is 11.0. The van der Waals surface area contributed by atoms with Gasteiger partial charge in [0.15, 0.2) is 5.78 Å². The van der Waals surface area contributed by atoms with E-state index in [1.165, 1.54) is 0 Å². The molecule has 4 rings (SSSR count). The third-order valence-corrected chi connectivity index (χ3v) is 7.38. The first-order valence-electron chi connectivity index (χ1n) is 8.91. The van der Waals surface area contributed by atoms with E-state index in [0.29, 0.717) is 30.0 Å². The summed E-state index contributed by atoms with van der Waals surface area (Å²) in [7, 11) is 0. The summed E-state index contributed by atoms with van der Waals surface area (Å²) in [6.07, 6.45) is 18.0. The standard InChI is InChI=1S/C21H24O2/c1-3-10-21-12-8-15(22)13-14(21)4-5-16-17-6-7-19(23)20(17,2)11-9-18(16)21/h1,4-5,13,16-18H,6-12H2,2H3/t16-,17-,18-,20-,21?/m0/s1. The van der Waals surface area contributed by atoms with Gasteiger partial charge >= 0.3 is 0 Å². The molecule has 0 aromatic rings. The van der Waals surface area contributed by atoms with E-state index in [1.54, 1.807) is 0 Å². The summed E-state index contributed by atoms with van der Waals surface area (Å²) < 4.78 is 0. The molecule has 0 saturated heterocycles. The van der Waals surface area contributed by atoms with E-state index in [9.17, 15) is 9.59 Å². The smallest absolute Gasteiger partial charge is 0.156 e. The van der Waals surface area contributed by atoms with Crippen molar-refractivity contribution in [3.05, 3.63) is 23.8 Å². The maximum Gasteiger partial charge on any atom is 0.156 e. The molecule has 0 aromatic carbocycles. The van der Waals surface area contributed by atoms with Crippen LogP contribution >= 0.6 is 0 Å². The number of fused-ring (bicyclic) bond motifs is 5. The Morgan fingerprint density at radius 3 is 2.83 bits per heavy atom. The molecule has 2 fully saturated rings. The minimum atomic E-state index is -0.130. The number of ketones is 2. The van der Waals surface area contributed by atoms with Crippen LogP contribution in [0.15, 0.2) is 23.8 Å². The summed E-state index contributed by atoms with van der Waals surface area (Å²) in [5.41, 5.74) is 0.990. The van der Waals surface area contributed by atoms with Crippen LogP contribution in [-0.2, 0) is 9.59 Å². The van der Waals surface area contributed by atoms with Crippen LogP contribution in [0.25, 0.3) is 0 Å². The van der Waals surface area contributed by atoms with E-state index in [-0.39, 0.29) is 16.6 Å². The maximum absolute atomic E-state index is 12.4. The summed E-state index contributed by atoms with van der Waals surface area (Å²) in [5.74, 6) is 4.98. The van der Waals surface area contributed by atoms with Crippen molar-refractivity contribution in [2.24, 2.45) is 28.6 Å². The summed E-state index contributed by atoms with van der Waals surface area (Å²) in [6.45, 7) is 2.18. The van der Waals surface area contributed by atoms with Gasteiger partial charge in [-0.3, -0.25) is 9.59 Å². The highest BCUT2D eigenvalue weighted by Gasteiger charge is 2.58. The van der Waals surface area contributed by atoms with Crippen LogP contribution in [0.4, 0.5) is 0 Å². The number of hydrogen-bond donors (Lipinski definition) is 0. The molecule has 23 heavy (non-hydrogen) atoms. The molecule has 4 aliphatic rings. The number of carbonyl (C=O) groups excluding carboxylic acids is 2. The predicted molar refractivity (Wildman–Crippen MR) is 89.4 cm³/mol. The van der Waals surface area contributed by atoms with Crippen LogP contribution in [0, 0.1) is 40.9 Å². The van der Waals surface area contributed by atoms with Gasteiger partial charge < -0.3 is 0 Å². The fourth-order valence-electron chi connectivity index (χ4n) is 6.09. The van der Waals surface area contributed by atoms with Crippen LogP contribution in [0.2, 0.25) is 0 Å². The van der Waals surface area contributed by atoms with Crippen molar-refractivity contribution < 1.29 is 9.59 Å². The Balaban J connectivity index is 1.80. The van der Waals surface area contributed by atoms with Crippen molar-refractivity contribution in [2.45, 2.75) is 51.9 Å². The molecule has 120 valence electrons. The van der Waals surface area contributed by atoms with Gasteiger partial charge in [-0.25, -0.2) is 0 Å². The zero-order valence-electron chi connectivity index (χ0n) is 13.8. The Kier molecular flexibility index (Phi) is 3.21. The van der Waals surface area contributed by atoms with Gasteiger partial charge in [-0.05, 0) is 55.1 Å². The molecule has 0 heterocycles. The van der Waals surface area contributed by atoms with E-state index < -0.39 is 0 Å². The third kappa shape index (κ3) is 1.89. The molecular formula is C21H24O2. The highest BCUT2D eigenvalue weighted by atomic mass is 16.1. The predicted octanol–water partition coefficient (Wildman–Crippen LogP) is 3.87. The molecule has 0 bridgehead atoms. The number of Topliss-reactive ketones (excluding diaryl/α,β-unsaturated/α-hetero) is 1. The molecule has 2 nitrogen and oxygen atoms in total. The lowest BCUT2D eigenvalue weighted by Gasteiger charge is -2.55. The topological polar surface area (TPSA) is 34.1 Å². The average molecular weight is 308 g/mol. The number of carbonyl (C=O) groups is 2. The second-order valence-corrected chi connectivity index (χ2v) is 8.17. The zero-order chi connectivity index (χ0) is 16.2. The fourth-order valence-corrected chi connectivity index (χ4v) is 6.09. The second-order valence-electron chi connectivity index (χ2n) is 8.17. The van der Waals surface area contributed by atoms with Crippen LogP contribution < -0.4 is 0 Å². The summed E-state index contributed by atoms with van der Waals surface area (Å²) in [6, 6.07) is 0. The Labute approximate surface area is 138 Å². The van der Waals surface area contributed by atoms with E-state index in [2.05, 4.69) is 25.0 Å². The van der Waals surface area contributed by atoms with Gasteiger partial charge in [0.1, 0.15) is 5.78 Å². The fraction of sp³-hybridized carbons (Fsp3) is 0.619. The van der Waals surface area contributed by atoms with Gasteiger partial charge in [0.05, 0.1) is 0 Å². The quantitative estimate of drug-likeness (QED) is 0.689. The van der Waals surface area contributed by atoms with Gasteiger partial charge in [-0.1, -0.05) is 19.1 Å². The van der Waals surface area contributed by atoms with Crippen molar-refractivity contribution in [3.8, 4) is 12.3 Å². The Hall–Kier alpha value is -1.62. The van der Waals surface area contributed by atoms with Gasteiger partial charge in [0, 0.05) is 30.1 Å². The van der Waals surface area contributed by atoms with Crippen molar-refractivity contribution in [3.63, 3.8) is 0 Å². The first kappa shape index (κ1) is 14.9. The van der Waals surface area contributed by atoms with E-state index in [1.807, 2.05) is 6.08 Å². The van der Waals surface area contributed by atoms with Gasteiger partial charge in [-0.15, -0.1) is 12.3 Å². The Morgan fingerprint density at radius 2 is 2.04 bits per heavy atom. The molecule has 1 unspecified atom stereocenters. The largest absolute Gasteiger partial charge is 0.299 e. The second kappa shape index (κ2) is 4.94. The molecule has 2 heteroatoms. The number of hydrogen-bond acceptors (Lipinski definition) is 2. The maximum atomic E-state index is 12.4. The van der Waals surface area contributed by atoms with Gasteiger partial charge in [0.2, 0.25) is 0 Å². The number of allylic oxidation sites excluding steroid dienone is 4. The lowest BCUT2D eigenvalue weighted by Crippen LogP contribution is -2.50. The van der Waals surface area contributed by atoms with Gasteiger partial charge in [-0.2, -0.15) is 0 Å². The minimum Gasteiger partial charge on any atom is -0.299 e. The van der Waals surface area contributed by atoms with Crippen LogP contribution in [-0.4, -0.2) is 11.6 Å². The molecule has 0 aliphatic heterocycles. The highest BCUT2D eigenvalue weighted by molar-refractivity contribution is 5.92. The minimum absolute atomic E-state index is 0.0327. The lowest BCUT2D eigenvalue weighted by molar-refractivity contribution is -0.130.